The van der Waals surface area contributed by atoms with Crippen LogP contribution in [0.4, 0.5) is 0 Å². The first-order chi connectivity index (χ1) is 6.27. The Bertz CT molecular complexity index is 342. The fourth-order valence-corrected chi connectivity index (χ4v) is 1.51. The van der Waals surface area contributed by atoms with Crippen molar-refractivity contribution >= 4 is 17.5 Å². The predicted molar refractivity (Wildman–Crippen MR) is 52.6 cm³/mol. The first kappa shape index (κ1) is 8.57. The fourth-order valence-electron chi connectivity index (χ4n) is 1.39. The Labute approximate surface area is 82.4 Å². The summed E-state index contributed by atoms with van der Waals surface area (Å²) in [7, 11) is 2.02. The minimum atomic E-state index is 0.755. The van der Waals surface area contributed by atoms with Crippen LogP contribution < -0.4 is 0 Å². The molecule has 0 aliphatic carbocycles. The molecule has 0 spiro atoms. The standard InChI is InChI=1S/C10H11ClNO/c1-12-6-7-13-10(12)8-2-4-9(11)5-3-8/h2-5H,6-7H2,1H3/q+1. The van der Waals surface area contributed by atoms with E-state index in [1.807, 2.05) is 31.3 Å². The van der Waals surface area contributed by atoms with E-state index in [-0.39, 0.29) is 0 Å². The van der Waals surface area contributed by atoms with Gasteiger partial charge in [-0.25, -0.2) is 0 Å². The summed E-state index contributed by atoms with van der Waals surface area (Å²) in [4.78, 5) is 0. The van der Waals surface area contributed by atoms with Crippen LogP contribution in [0, 0.1) is 0 Å². The number of benzene rings is 1. The number of rotatable bonds is 1. The molecule has 0 unspecified atom stereocenters. The highest BCUT2D eigenvalue weighted by Crippen LogP contribution is 2.12. The van der Waals surface area contributed by atoms with Crippen LogP contribution >= 0.6 is 11.6 Å². The molecule has 1 aromatic carbocycles. The summed E-state index contributed by atoms with van der Waals surface area (Å²) in [5, 5.41) is 0.755. The van der Waals surface area contributed by atoms with Gasteiger partial charge in [-0.15, -0.1) is 0 Å². The second-order valence-electron chi connectivity index (χ2n) is 3.08. The molecule has 0 fully saturated rings. The van der Waals surface area contributed by atoms with Crippen molar-refractivity contribution in [2.24, 2.45) is 0 Å². The van der Waals surface area contributed by atoms with Gasteiger partial charge in [-0.1, -0.05) is 11.6 Å². The van der Waals surface area contributed by atoms with E-state index in [0.717, 1.165) is 29.6 Å². The van der Waals surface area contributed by atoms with Crippen molar-refractivity contribution in [3.8, 4) is 0 Å². The Morgan fingerprint density at radius 1 is 1.31 bits per heavy atom. The van der Waals surface area contributed by atoms with Crippen LogP contribution in [0.5, 0.6) is 0 Å². The van der Waals surface area contributed by atoms with Gasteiger partial charge in [0.25, 0.3) is 0 Å². The fraction of sp³-hybridized carbons (Fsp3) is 0.300. The molecule has 1 aliphatic rings. The maximum absolute atomic E-state index is 5.79. The molecule has 1 aromatic rings. The van der Waals surface area contributed by atoms with Gasteiger partial charge in [0.2, 0.25) is 0 Å². The zero-order valence-electron chi connectivity index (χ0n) is 7.46. The largest absolute Gasteiger partial charge is 0.438 e. The van der Waals surface area contributed by atoms with Gasteiger partial charge < -0.3 is 4.74 Å². The summed E-state index contributed by atoms with van der Waals surface area (Å²) < 4.78 is 7.59. The maximum Gasteiger partial charge on any atom is 0.369 e. The van der Waals surface area contributed by atoms with E-state index in [2.05, 4.69) is 4.58 Å². The topological polar surface area (TPSA) is 12.2 Å². The van der Waals surface area contributed by atoms with Gasteiger partial charge in [0.05, 0.1) is 5.56 Å². The van der Waals surface area contributed by atoms with Gasteiger partial charge in [-0.05, 0) is 24.3 Å². The van der Waals surface area contributed by atoms with Crippen molar-refractivity contribution in [3.05, 3.63) is 34.9 Å². The van der Waals surface area contributed by atoms with Crippen molar-refractivity contribution in [1.82, 2.24) is 0 Å². The van der Waals surface area contributed by atoms with Gasteiger partial charge in [-0.3, -0.25) is 0 Å². The number of halogens is 1. The third-order valence-corrected chi connectivity index (χ3v) is 2.36. The minimum absolute atomic E-state index is 0.755. The highest BCUT2D eigenvalue weighted by molar-refractivity contribution is 6.30. The molecule has 3 heteroatoms. The van der Waals surface area contributed by atoms with Crippen molar-refractivity contribution in [2.75, 3.05) is 20.2 Å². The highest BCUT2D eigenvalue weighted by Gasteiger charge is 2.21. The Morgan fingerprint density at radius 2 is 2.00 bits per heavy atom. The molecule has 0 saturated carbocycles. The summed E-state index contributed by atoms with van der Waals surface area (Å²) in [6.07, 6.45) is 0. The van der Waals surface area contributed by atoms with E-state index in [4.69, 9.17) is 16.3 Å². The van der Waals surface area contributed by atoms with E-state index in [1.165, 1.54) is 0 Å². The summed E-state index contributed by atoms with van der Waals surface area (Å²) in [5.41, 5.74) is 1.09. The van der Waals surface area contributed by atoms with Crippen LogP contribution in [-0.4, -0.2) is 30.7 Å². The molecule has 0 N–H and O–H groups in total. The van der Waals surface area contributed by atoms with Crippen LogP contribution in [0.25, 0.3) is 0 Å². The molecule has 0 radical (unpaired) electrons. The number of ether oxygens (including phenoxy) is 1. The summed E-state index contributed by atoms with van der Waals surface area (Å²) in [6.45, 7) is 1.73. The summed E-state index contributed by atoms with van der Waals surface area (Å²) in [5.74, 6) is 0.941. The molecule has 1 heterocycles. The lowest BCUT2D eigenvalue weighted by Gasteiger charge is -1.97. The Hall–Kier alpha value is -1.02. The van der Waals surface area contributed by atoms with Crippen LogP contribution in [0.3, 0.4) is 0 Å². The molecule has 0 amide bonds. The smallest absolute Gasteiger partial charge is 0.369 e. The summed E-state index contributed by atoms with van der Waals surface area (Å²) >= 11 is 5.79. The number of likely N-dealkylation sites (N-methyl/N-ethyl adjacent to an activating group) is 1. The van der Waals surface area contributed by atoms with Crippen LogP contribution in [0.15, 0.2) is 24.3 Å². The van der Waals surface area contributed by atoms with Crippen LogP contribution in [0.2, 0.25) is 5.02 Å². The van der Waals surface area contributed by atoms with E-state index in [9.17, 15) is 0 Å². The zero-order chi connectivity index (χ0) is 9.26. The van der Waals surface area contributed by atoms with E-state index >= 15 is 0 Å². The number of nitrogens with zero attached hydrogens (tertiary/aromatic N) is 1. The van der Waals surface area contributed by atoms with Crippen LogP contribution in [0.1, 0.15) is 5.56 Å². The lowest BCUT2D eigenvalue weighted by atomic mass is 10.2. The average molecular weight is 197 g/mol. The highest BCUT2D eigenvalue weighted by atomic mass is 35.5. The lowest BCUT2D eigenvalue weighted by Crippen LogP contribution is -2.11. The van der Waals surface area contributed by atoms with E-state index < -0.39 is 0 Å². The average Bonchev–Trinajstić information content (AvgIpc) is 2.53. The number of hydrogen-bond donors (Lipinski definition) is 0. The summed E-state index contributed by atoms with van der Waals surface area (Å²) in [6, 6.07) is 7.69. The quantitative estimate of drug-likeness (QED) is 0.624. The molecule has 68 valence electrons. The molecular weight excluding hydrogens is 186 g/mol. The molecule has 0 atom stereocenters. The van der Waals surface area contributed by atoms with Gasteiger partial charge in [-0.2, -0.15) is 4.58 Å². The van der Waals surface area contributed by atoms with Crippen molar-refractivity contribution < 1.29 is 9.31 Å². The van der Waals surface area contributed by atoms with E-state index in [1.54, 1.807) is 0 Å². The molecule has 2 nitrogen and oxygen atoms in total. The molecule has 0 aromatic heterocycles. The molecule has 2 rings (SSSR count). The third kappa shape index (κ3) is 1.68. The Morgan fingerprint density at radius 3 is 2.54 bits per heavy atom. The second kappa shape index (κ2) is 3.38. The van der Waals surface area contributed by atoms with Gasteiger partial charge >= 0.3 is 5.90 Å². The van der Waals surface area contributed by atoms with Crippen molar-refractivity contribution in [2.45, 2.75) is 0 Å². The second-order valence-corrected chi connectivity index (χ2v) is 3.52. The normalized spacial score (nSPS) is 16.2. The lowest BCUT2D eigenvalue weighted by molar-refractivity contribution is -0.486. The molecule has 13 heavy (non-hydrogen) atoms. The number of hydrogen-bond acceptors (Lipinski definition) is 1. The van der Waals surface area contributed by atoms with Crippen molar-refractivity contribution in [3.63, 3.8) is 0 Å². The Kier molecular flexibility index (Phi) is 2.23. The monoisotopic (exact) mass is 196 g/mol. The molecular formula is C10H11ClNO+. The van der Waals surface area contributed by atoms with Crippen LogP contribution in [-0.2, 0) is 4.74 Å². The Balaban J connectivity index is 2.36. The minimum Gasteiger partial charge on any atom is -0.438 e. The molecule has 0 bridgehead atoms. The first-order valence-corrected chi connectivity index (χ1v) is 4.62. The maximum atomic E-state index is 5.79. The molecule has 1 aliphatic heterocycles. The molecule has 0 saturated heterocycles. The van der Waals surface area contributed by atoms with Gasteiger partial charge in [0.15, 0.2) is 13.2 Å². The van der Waals surface area contributed by atoms with Crippen molar-refractivity contribution in [1.29, 1.82) is 0 Å². The predicted octanol–water partition coefficient (Wildman–Crippen LogP) is 1.76. The first-order valence-electron chi connectivity index (χ1n) is 4.24. The van der Waals surface area contributed by atoms with Gasteiger partial charge in [0.1, 0.15) is 7.05 Å². The zero-order valence-corrected chi connectivity index (χ0v) is 8.21. The van der Waals surface area contributed by atoms with Gasteiger partial charge in [0, 0.05) is 5.02 Å². The third-order valence-electron chi connectivity index (χ3n) is 2.10. The van der Waals surface area contributed by atoms with E-state index in [0.29, 0.717) is 0 Å². The SMILES string of the molecule is C[N+]1=C(c2ccc(Cl)cc2)OCC1.